The fourth-order valence-electron chi connectivity index (χ4n) is 3.61. The largest absolute Gasteiger partial charge is 0.459 e. The van der Waals surface area contributed by atoms with Crippen molar-refractivity contribution >= 4 is 22.9 Å². The van der Waals surface area contributed by atoms with E-state index in [1.54, 1.807) is 6.07 Å². The van der Waals surface area contributed by atoms with E-state index in [-0.39, 0.29) is 5.91 Å². The number of aromatic nitrogens is 2. The lowest BCUT2D eigenvalue weighted by atomic mass is 9.95. The molecule has 0 saturated heterocycles. The summed E-state index contributed by atoms with van der Waals surface area (Å²) in [5.74, 6) is 0.714. The van der Waals surface area contributed by atoms with Gasteiger partial charge in [-0.3, -0.25) is 10.1 Å². The fourth-order valence-corrected chi connectivity index (χ4v) is 3.61. The number of hydrogen-bond acceptors (Lipinski definition) is 3. The number of nitrogens with zero attached hydrogens (tertiary/aromatic N) is 2. The van der Waals surface area contributed by atoms with Crippen molar-refractivity contribution in [3.8, 4) is 0 Å². The first kappa shape index (κ1) is 15.0. The number of aryl methyl sites for hydroxylation is 1. The molecule has 2 heterocycles. The van der Waals surface area contributed by atoms with Gasteiger partial charge in [0, 0.05) is 11.6 Å². The van der Waals surface area contributed by atoms with Crippen LogP contribution in [0.1, 0.15) is 54.3 Å². The van der Waals surface area contributed by atoms with Crippen LogP contribution in [0.25, 0.3) is 11.0 Å². The van der Waals surface area contributed by atoms with E-state index >= 15 is 0 Å². The van der Waals surface area contributed by atoms with E-state index in [9.17, 15) is 4.79 Å². The zero-order valence-corrected chi connectivity index (χ0v) is 13.8. The Morgan fingerprint density at radius 3 is 2.75 bits per heavy atom. The maximum absolute atomic E-state index is 12.5. The molecule has 0 spiro atoms. The molecule has 2 aromatic heterocycles. The Labute approximate surface area is 140 Å². The molecule has 0 aliphatic heterocycles. The van der Waals surface area contributed by atoms with Crippen molar-refractivity contribution < 1.29 is 9.21 Å². The monoisotopic (exact) mass is 323 g/mol. The minimum absolute atomic E-state index is 0.245. The minimum Gasteiger partial charge on any atom is -0.459 e. The topological polar surface area (TPSA) is 60.1 Å². The molecule has 1 aromatic carbocycles. The van der Waals surface area contributed by atoms with E-state index in [1.165, 1.54) is 25.5 Å². The molecule has 5 nitrogen and oxygen atoms in total. The number of hydrogen-bond donors (Lipinski definition) is 1. The number of benzene rings is 1. The lowest BCUT2D eigenvalue weighted by Gasteiger charge is -2.25. The van der Waals surface area contributed by atoms with Crippen LogP contribution in [0.15, 0.2) is 41.0 Å². The summed E-state index contributed by atoms with van der Waals surface area (Å²) in [5.41, 5.74) is 2.82. The second-order valence-electron chi connectivity index (χ2n) is 6.47. The van der Waals surface area contributed by atoms with Crippen LogP contribution in [0, 0.1) is 6.92 Å². The number of amides is 1. The molecule has 1 fully saturated rings. The second kappa shape index (κ2) is 6.15. The predicted molar refractivity (Wildman–Crippen MR) is 93.3 cm³/mol. The number of anilines is 1. The maximum Gasteiger partial charge on any atom is 0.293 e. The Morgan fingerprint density at radius 2 is 2.00 bits per heavy atom. The highest BCUT2D eigenvalue weighted by molar-refractivity contribution is 6.03. The average Bonchev–Trinajstić information content (AvgIpc) is 3.18. The Kier molecular flexibility index (Phi) is 3.84. The number of fused-ring (bicyclic) bond motifs is 1. The number of furan rings is 1. The normalized spacial score (nSPS) is 15.7. The molecule has 1 N–H and O–H groups in total. The van der Waals surface area contributed by atoms with Crippen LogP contribution in [0.3, 0.4) is 0 Å². The third kappa shape index (κ3) is 2.60. The molecule has 24 heavy (non-hydrogen) atoms. The standard InChI is InChI=1S/C19H21N3O2/c1-13-11-12-24-17(13)18(23)21-19-20-15-9-5-6-10-16(15)22(19)14-7-3-2-4-8-14/h5-6,9-12,14H,2-4,7-8H2,1H3,(H,20,21,23). The SMILES string of the molecule is Cc1ccoc1C(=O)Nc1nc2ccccc2n1C1CCCCC1. The third-order valence-corrected chi connectivity index (χ3v) is 4.83. The van der Waals surface area contributed by atoms with Crippen LogP contribution in [0.2, 0.25) is 0 Å². The minimum atomic E-state index is -0.245. The first-order valence-electron chi connectivity index (χ1n) is 8.56. The predicted octanol–water partition coefficient (Wildman–Crippen LogP) is 4.70. The summed E-state index contributed by atoms with van der Waals surface area (Å²) in [5, 5.41) is 2.96. The van der Waals surface area contributed by atoms with Gasteiger partial charge in [-0.05, 0) is 38.0 Å². The summed E-state index contributed by atoms with van der Waals surface area (Å²) in [6.45, 7) is 1.86. The van der Waals surface area contributed by atoms with Gasteiger partial charge in [-0.15, -0.1) is 0 Å². The quantitative estimate of drug-likeness (QED) is 0.760. The summed E-state index contributed by atoms with van der Waals surface area (Å²) >= 11 is 0. The molecule has 3 aromatic rings. The number of para-hydroxylation sites is 2. The first-order valence-corrected chi connectivity index (χ1v) is 8.56. The lowest BCUT2D eigenvalue weighted by Crippen LogP contribution is -2.20. The molecule has 4 rings (SSSR count). The zero-order chi connectivity index (χ0) is 16.5. The van der Waals surface area contributed by atoms with Gasteiger partial charge in [0.15, 0.2) is 5.76 Å². The lowest BCUT2D eigenvalue weighted by molar-refractivity contribution is 0.0994. The Bertz CT molecular complexity index is 872. The highest BCUT2D eigenvalue weighted by atomic mass is 16.3. The molecule has 1 amide bonds. The van der Waals surface area contributed by atoms with Crippen LogP contribution in [-0.4, -0.2) is 15.5 Å². The number of imidazole rings is 1. The van der Waals surface area contributed by atoms with E-state index in [1.807, 2.05) is 25.1 Å². The summed E-state index contributed by atoms with van der Waals surface area (Å²) in [7, 11) is 0. The van der Waals surface area contributed by atoms with Gasteiger partial charge in [-0.2, -0.15) is 0 Å². The highest BCUT2D eigenvalue weighted by Crippen LogP contribution is 2.34. The number of carbonyl (C=O) groups is 1. The average molecular weight is 323 g/mol. The fraction of sp³-hybridized carbons (Fsp3) is 0.368. The molecular formula is C19H21N3O2. The molecule has 0 unspecified atom stereocenters. The molecular weight excluding hydrogens is 302 g/mol. The molecule has 0 atom stereocenters. The second-order valence-corrected chi connectivity index (χ2v) is 6.47. The molecule has 1 aliphatic carbocycles. The van der Waals surface area contributed by atoms with Crippen molar-refractivity contribution in [3.05, 3.63) is 47.9 Å². The van der Waals surface area contributed by atoms with Gasteiger partial charge in [0.05, 0.1) is 17.3 Å². The Hall–Kier alpha value is -2.56. The highest BCUT2D eigenvalue weighted by Gasteiger charge is 2.23. The number of rotatable bonds is 3. The van der Waals surface area contributed by atoms with Gasteiger partial charge in [0.25, 0.3) is 5.91 Å². The summed E-state index contributed by atoms with van der Waals surface area (Å²) in [4.78, 5) is 17.2. The summed E-state index contributed by atoms with van der Waals surface area (Å²) in [6, 6.07) is 10.2. The molecule has 0 bridgehead atoms. The van der Waals surface area contributed by atoms with Gasteiger partial charge in [0.1, 0.15) is 0 Å². The molecule has 5 heteroatoms. The number of nitrogens with one attached hydrogen (secondary N) is 1. The van der Waals surface area contributed by atoms with Crippen LogP contribution in [0.4, 0.5) is 5.95 Å². The van der Waals surface area contributed by atoms with E-state index in [0.29, 0.717) is 17.8 Å². The Balaban J connectivity index is 1.74. The number of carbonyl (C=O) groups excluding carboxylic acids is 1. The van der Waals surface area contributed by atoms with Gasteiger partial charge >= 0.3 is 0 Å². The van der Waals surface area contributed by atoms with Gasteiger partial charge in [0.2, 0.25) is 5.95 Å². The summed E-state index contributed by atoms with van der Waals surface area (Å²) in [6.07, 6.45) is 7.53. The van der Waals surface area contributed by atoms with E-state index in [2.05, 4.69) is 20.9 Å². The van der Waals surface area contributed by atoms with Crippen LogP contribution >= 0.6 is 0 Å². The van der Waals surface area contributed by atoms with E-state index in [0.717, 1.165) is 29.4 Å². The van der Waals surface area contributed by atoms with Crippen LogP contribution in [0.5, 0.6) is 0 Å². The summed E-state index contributed by atoms with van der Waals surface area (Å²) < 4.78 is 7.51. The molecule has 1 saturated carbocycles. The first-order chi connectivity index (χ1) is 11.7. The molecule has 1 aliphatic rings. The maximum atomic E-state index is 12.5. The van der Waals surface area contributed by atoms with Crippen molar-refractivity contribution in [2.24, 2.45) is 0 Å². The van der Waals surface area contributed by atoms with Gasteiger partial charge in [-0.25, -0.2) is 4.98 Å². The van der Waals surface area contributed by atoms with Crippen molar-refractivity contribution in [2.75, 3.05) is 5.32 Å². The van der Waals surface area contributed by atoms with Crippen LogP contribution < -0.4 is 5.32 Å². The van der Waals surface area contributed by atoms with Gasteiger partial charge in [-0.1, -0.05) is 31.4 Å². The smallest absolute Gasteiger partial charge is 0.293 e. The van der Waals surface area contributed by atoms with Crippen molar-refractivity contribution in [2.45, 2.75) is 45.1 Å². The Morgan fingerprint density at radius 1 is 1.21 bits per heavy atom. The van der Waals surface area contributed by atoms with E-state index in [4.69, 9.17) is 4.42 Å². The van der Waals surface area contributed by atoms with Crippen molar-refractivity contribution in [1.82, 2.24) is 9.55 Å². The molecule has 124 valence electrons. The van der Waals surface area contributed by atoms with Crippen molar-refractivity contribution in [3.63, 3.8) is 0 Å². The van der Waals surface area contributed by atoms with Crippen molar-refractivity contribution in [1.29, 1.82) is 0 Å². The van der Waals surface area contributed by atoms with E-state index < -0.39 is 0 Å². The zero-order valence-electron chi connectivity index (χ0n) is 13.8. The van der Waals surface area contributed by atoms with Crippen LogP contribution in [-0.2, 0) is 0 Å². The van der Waals surface area contributed by atoms with Gasteiger partial charge < -0.3 is 8.98 Å². The molecule has 0 radical (unpaired) electrons. The third-order valence-electron chi connectivity index (χ3n) is 4.83.